The summed E-state index contributed by atoms with van der Waals surface area (Å²) in [7, 11) is 1.94. The topological polar surface area (TPSA) is 101 Å². The molecule has 8 heteroatoms. The van der Waals surface area contributed by atoms with Gasteiger partial charge in [-0.05, 0) is 35.9 Å². The first-order valence-corrected chi connectivity index (χ1v) is 8.26. The van der Waals surface area contributed by atoms with Crippen molar-refractivity contribution in [2.75, 3.05) is 25.1 Å². The normalized spacial score (nSPS) is 13.7. The summed E-state index contributed by atoms with van der Waals surface area (Å²) in [5.74, 6) is 0.0909. The van der Waals surface area contributed by atoms with Gasteiger partial charge in [-0.1, -0.05) is 18.2 Å². The molecule has 0 unspecified atom stereocenters. The van der Waals surface area contributed by atoms with Crippen molar-refractivity contribution < 1.29 is 19.1 Å². The van der Waals surface area contributed by atoms with E-state index in [-0.39, 0.29) is 5.57 Å². The minimum absolute atomic E-state index is 0.125. The molecule has 138 valence electrons. The molecule has 2 aromatic rings. The summed E-state index contributed by atoms with van der Waals surface area (Å²) in [4.78, 5) is 40.7. The van der Waals surface area contributed by atoms with Crippen molar-refractivity contribution in [3.63, 3.8) is 0 Å². The molecule has 0 bridgehead atoms. The predicted molar refractivity (Wildman–Crippen MR) is 99.1 cm³/mol. The van der Waals surface area contributed by atoms with Crippen LogP contribution in [0.2, 0.25) is 0 Å². The molecule has 1 fully saturated rings. The lowest BCUT2D eigenvalue weighted by atomic mass is 10.1. The van der Waals surface area contributed by atoms with Crippen LogP contribution in [0.3, 0.4) is 0 Å². The molecule has 1 saturated heterocycles. The molecule has 1 aliphatic heterocycles. The molecule has 0 radical (unpaired) electrons. The Morgan fingerprint density at radius 2 is 1.74 bits per heavy atom. The third-order valence-electron chi connectivity index (χ3n) is 3.87. The van der Waals surface area contributed by atoms with Crippen molar-refractivity contribution in [3.05, 3.63) is 59.8 Å². The number of aromatic nitrogens is 1. The van der Waals surface area contributed by atoms with Gasteiger partial charge in [0.2, 0.25) is 0 Å². The van der Waals surface area contributed by atoms with Crippen LogP contribution in [0, 0.1) is 0 Å². The summed E-state index contributed by atoms with van der Waals surface area (Å²) < 4.78 is 5.71. The number of carbonyl (C=O) groups excluding carboxylic acids is 3. The zero-order valence-electron chi connectivity index (χ0n) is 14.6. The highest BCUT2D eigenvalue weighted by Crippen LogP contribution is 2.16. The van der Waals surface area contributed by atoms with Gasteiger partial charge in [0.1, 0.15) is 23.7 Å². The third-order valence-corrected chi connectivity index (χ3v) is 3.87. The summed E-state index contributed by atoms with van der Waals surface area (Å²) >= 11 is 0. The molecular formula is C19H18N4O4. The zero-order chi connectivity index (χ0) is 19.2. The van der Waals surface area contributed by atoms with Crippen LogP contribution >= 0.6 is 0 Å². The number of carbonyl (C=O) groups is 3. The van der Waals surface area contributed by atoms with Crippen molar-refractivity contribution >= 4 is 29.7 Å². The van der Waals surface area contributed by atoms with Gasteiger partial charge in [-0.2, -0.15) is 0 Å². The Kier molecular flexibility index (Phi) is 5.46. The Morgan fingerprint density at radius 1 is 1.04 bits per heavy atom. The quantitative estimate of drug-likeness (QED) is 0.591. The number of anilines is 1. The molecule has 27 heavy (non-hydrogen) atoms. The SMILES string of the molecule is CN(CCOc1ccc(C=C2C(=O)NC(=O)NC2=O)cc1)c1ccccn1. The van der Waals surface area contributed by atoms with E-state index in [4.69, 9.17) is 4.74 Å². The number of hydrogen-bond donors (Lipinski definition) is 2. The lowest BCUT2D eigenvalue weighted by Crippen LogP contribution is -2.51. The predicted octanol–water partition coefficient (Wildman–Crippen LogP) is 1.35. The highest BCUT2D eigenvalue weighted by molar-refractivity contribution is 6.31. The van der Waals surface area contributed by atoms with Crippen molar-refractivity contribution in [1.82, 2.24) is 15.6 Å². The number of likely N-dealkylation sites (N-methyl/N-ethyl adjacent to an activating group) is 1. The monoisotopic (exact) mass is 366 g/mol. The Hall–Kier alpha value is -3.68. The summed E-state index contributed by atoms with van der Waals surface area (Å²) in [5, 5.41) is 4.06. The van der Waals surface area contributed by atoms with E-state index in [1.807, 2.05) is 40.8 Å². The summed E-state index contributed by atoms with van der Waals surface area (Å²) in [6, 6.07) is 11.8. The number of pyridine rings is 1. The number of rotatable bonds is 6. The summed E-state index contributed by atoms with van der Waals surface area (Å²) in [6.07, 6.45) is 3.15. The van der Waals surface area contributed by atoms with Gasteiger partial charge >= 0.3 is 6.03 Å². The highest BCUT2D eigenvalue weighted by Gasteiger charge is 2.27. The summed E-state index contributed by atoms with van der Waals surface area (Å²) in [6.45, 7) is 1.14. The maximum atomic E-state index is 11.7. The van der Waals surface area contributed by atoms with Crippen molar-refractivity contribution in [1.29, 1.82) is 0 Å². The van der Waals surface area contributed by atoms with Crippen LogP contribution < -0.4 is 20.3 Å². The van der Waals surface area contributed by atoms with Crippen LogP contribution in [0.1, 0.15) is 5.56 Å². The highest BCUT2D eigenvalue weighted by atomic mass is 16.5. The van der Waals surface area contributed by atoms with E-state index in [9.17, 15) is 14.4 Å². The number of benzene rings is 1. The Balaban J connectivity index is 1.56. The second-order valence-corrected chi connectivity index (χ2v) is 5.82. The Morgan fingerprint density at radius 3 is 2.37 bits per heavy atom. The van der Waals surface area contributed by atoms with Gasteiger partial charge in [-0.25, -0.2) is 9.78 Å². The lowest BCUT2D eigenvalue weighted by molar-refractivity contribution is -0.123. The molecular weight excluding hydrogens is 348 g/mol. The number of urea groups is 1. The molecule has 0 spiro atoms. The Labute approximate surface area is 155 Å². The molecule has 2 N–H and O–H groups in total. The van der Waals surface area contributed by atoms with Crippen LogP contribution in [-0.4, -0.2) is 43.0 Å². The van der Waals surface area contributed by atoms with Crippen LogP contribution in [0.15, 0.2) is 54.2 Å². The van der Waals surface area contributed by atoms with Crippen molar-refractivity contribution in [2.24, 2.45) is 0 Å². The maximum absolute atomic E-state index is 11.7. The fraction of sp³-hybridized carbons (Fsp3) is 0.158. The number of barbiturate groups is 1. The number of imide groups is 2. The minimum atomic E-state index is -0.818. The molecule has 4 amide bonds. The molecule has 0 aliphatic carbocycles. The van der Waals surface area contributed by atoms with Gasteiger partial charge in [0.15, 0.2) is 0 Å². The van der Waals surface area contributed by atoms with Crippen LogP contribution in [0.25, 0.3) is 6.08 Å². The lowest BCUT2D eigenvalue weighted by Gasteiger charge is -2.18. The fourth-order valence-corrected chi connectivity index (χ4v) is 2.43. The number of nitrogens with one attached hydrogen (secondary N) is 2. The average molecular weight is 366 g/mol. The van der Waals surface area contributed by atoms with Gasteiger partial charge < -0.3 is 9.64 Å². The van der Waals surface area contributed by atoms with E-state index in [1.165, 1.54) is 6.08 Å². The molecule has 0 atom stereocenters. The molecule has 0 saturated carbocycles. The molecule has 8 nitrogen and oxygen atoms in total. The zero-order valence-corrected chi connectivity index (χ0v) is 14.6. The van der Waals surface area contributed by atoms with Gasteiger partial charge in [0.05, 0.1) is 6.54 Å². The molecule has 1 aromatic heterocycles. The average Bonchev–Trinajstić information content (AvgIpc) is 2.66. The van der Waals surface area contributed by atoms with E-state index in [2.05, 4.69) is 4.98 Å². The number of ether oxygens (including phenoxy) is 1. The standard InChI is InChI=1S/C19H18N4O4/c1-23(16-4-2-3-9-20-16)10-11-27-14-7-5-13(6-8-14)12-15-17(24)21-19(26)22-18(15)25/h2-9,12H,10-11H2,1H3,(H2,21,22,24,25,26). The maximum Gasteiger partial charge on any atom is 0.328 e. The van der Waals surface area contributed by atoms with Gasteiger partial charge in [0.25, 0.3) is 11.8 Å². The third kappa shape index (κ3) is 4.69. The van der Waals surface area contributed by atoms with E-state index in [1.54, 1.807) is 30.5 Å². The second-order valence-electron chi connectivity index (χ2n) is 5.82. The first kappa shape index (κ1) is 18.1. The van der Waals surface area contributed by atoms with E-state index in [0.29, 0.717) is 24.5 Å². The number of amides is 4. The Bertz CT molecular complexity index is 856. The molecule has 1 aromatic carbocycles. The largest absolute Gasteiger partial charge is 0.492 e. The van der Waals surface area contributed by atoms with Crippen molar-refractivity contribution in [3.8, 4) is 5.75 Å². The smallest absolute Gasteiger partial charge is 0.328 e. The van der Waals surface area contributed by atoms with Crippen LogP contribution in [0.4, 0.5) is 10.6 Å². The van der Waals surface area contributed by atoms with Crippen LogP contribution in [-0.2, 0) is 9.59 Å². The fourth-order valence-electron chi connectivity index (χ4n) is 2.43. The number of nitrogens with zero attached hydrogens (tertiary/aromatic N) is 2. The van der Waals surface area contributed by atoms with E-state index < -0.39 is 17.8 Å². The first-order chi connectivity index (χ1) is 13.0. The minimum Gasteiger partial charge on any atom is -0.492 e. The van der Waals surface area contributed by atoms with Gasteiger partial charge in [-0.3, -0.25) is 20.2 Å². The molecule has 2 heterocycles. The van der Waals surface area contributed by atoms with Gasteiger partial charge in [0, 0.05) is 13.2 Å². The van der Waals surface area contributed by atoms with E-state index in [0.717, 1.165) is 5.82 Å². The molecule has 1 aliphatic rings. The molecule has 3 rings (SSSR count). The summed E-state index contributed by atoms with van der Waals surface area (Å²) in [5.41, 5.74) is 0.517. The van der Waals surface area contributed by atoms with E-state index >= 15 is 0 Å². The van der Waals surface area contributed by atoms with Crippen LogP contribution in [0.5, 0.6) is 5.75 Å². The number of hydrogen-bond acceptors (Lipinski definition) is 6. The first-order valence-electron chi connectivity index (χ1n) is 8.26. The van der Waals surface area contributed by atoms with Crippen molar-refractivity contribution in [2.45, 2.75) is 0 Å². The second kappa shape index (κ2) is 8.13. The van der Waals surface area contributed by atoms with Gasteiger partial charge in [-0.15, -0.1) is 0 Å².